The fourth-order valence-electron chi connectivity index (χ4n) is 1.77. The number of nitrogens with one attached hydrogen (secondary N) is 2. The molecule has 2 rings (SSSR count). The molecule has 2 N–H and O–H groups in total. The molecule has 21 heavy (non-hydrogen) atoms. The molecule has 2 aromatic rings. The van der Waals surface area contributed by atoms with Crippen LogP contribution >= 0.6 is 27.3 Å². The van der Waals surface area contributed by atoms with Crippen molar-refractivity contribution in [1.29, 1.82) is 0 Å². The molecule has 0 spiro atoms. The Kier molecular flexibility index (Phi) is 5.50. The van der Waals surface area contributed by atoms with Gasteiger partial charge in [0.25, 0.3) is 0 Å². The van der Waals surface area contributed by atoms with Crippen LogP contribution in [0.5, 0.6) is 0 Å². The summed E-state index contributed by atoms with van der Waals surface area (Å²) in [4.78, 5) is 0.501. The van der Waals surface area contributed by atoms with Gasteiger partial charge in [-0.25, -0.2) is 17.5 Å². The summed E-state index contributed by atoms with van der Waals surface area (Å²) in [5, 5.41) is 4.73. The van der Waals surface area contributed by atoms with Gasteiger partial charge in [0, 0.05) is 22.4 Å². The lowest BCUT2D eigenvalue weighted by Gasteiger charge is -2.08. The van der Waals surface area contributed by atoms with Crippen molar-refractivity contribution in [2.75, 3.05) is 7.05 Å². The van der Waals surface area contributed by atoms with Gasteiger partial charge in [0.2, 0.25) is 10.0 Å². The Morgan fingerprint density at radius 3 is 2.62 bits per heavy atom. The number of rotatable bonds is 6. The van der Waals surface area contributed by atoms with Crippen LogP contribution in [0.1, 0.15) is 10.4 Å². The number of sulfonamides is 1. The lowest BCUT2D eigenvalue weighted by atomic mass is 10.2. The molecule has 8 heteroatoms. The molecule has 1 aromatic heterocycles. The lowest BCUT2D eigenvalue weighted by molar-refractivity contribution is 0.555. The highest BCUT2D eigenvalue weighted by Gasteiger charge is 2.19. The Labute approximate surface area is 135 Å². The number of halogens is 2. The normalized spacial score (nSPS) is 11.8. The van der Waals surface area contributed by atoms with Crippen LogP contribution < -0.4 is 10.0 Å². The predicted molar refractivity (Wildman–Crippen MR) is 85.2 cm³/mol. The van der Waals surface area contributed by atoms with E-state index < -0.39 is 15.8 Å². The van der Waals surface area contributed by atoms with E-state index in [1.807, 2.05) is 11.4 Å². The summed E-state index contributed by atoms with van der Waals surface area (Å²) in [7, 11) is -2.14. The van der Waals surface area contributed by atoms with Crippen molar-refractivity contribution < 1.29 is 12.8 Å². The molecule has 1 heterocycles. The molecule has 0 fully saturated rings. The van der Waals surface area contributed by atoms with Crippen LogP contribution in [0.3, 0.4) is 0 Å². The van der Waals surface area contributed by atoms with Gasteiger partial charge in [-0.3, -0.25) is 0 Å². The van der Waals surface area contributed by atoms with Crippen LogP contribution in [0.4, 0.5) is 4.39 Å². The van der Waals surface area contributed by atoms with Gasteiger partial charge < -0.3 is 5.32 Å². The first-order chi connectivity index (χ1) is 9.94. The second kappa shape index (κ2) is 6.97. The van der Waals surface area contributed by atoms with Gasteiger partial charge in [0.15, 0.2) is 0 Å². The van der Waals surface area contributed by atoms with Crippen LogP contribution in [0, 0.1) is 5.82 Å². The molecule has 4 nitrogen and oxygen atoms in total. The average molecular weight is 393 g/mol. The Balaban J connectivity index is 2.17. The van der Waals surface area contributed by atoms with Gasteiger partial charge in [-0.05, 0) is 52.1 Å². The highest BCUT2D eigenvalue weighted by Crippen LogP contribution is 2.23. The first-order valence-electron chi connectivity index (χ1n) is 6.08. The summed E-state index contributed by atoms with van der Waals surface area (Å²) in [6.07, 6.45) is 0. The van der Waals surface area contributed by atoms with Crippen molar-refractivity contribution in [3.8, 4) is 0 Å². The monoisotopic (exact) mass is 392 g/mol. The fraction of sp³-hybridized carbons (Fsp3) is 0.231. The van der Waals surface area contributed by atoms with Crippen molar-refractivity contribution in [2.45, 2.75) is 18.0 Å². The topological polar surface area (TPSA) is 58.2 Å². The maximum absolute atomic E-state index is 14.0. The van der Waals surface area contributed by atoms with Gasteiger partial charge in [0.1, 0.15) is 10.7 Å². The molecular weight excluding hydrogens is 379 g/mol. The fourth-order valence-corrected chi connectivity index (χ4v) is 4.34. The van der Waals surface area contributed by atoms with Crippen molar-refractivity contribution in [3.63, 3.8) is 0 Å². The minimum Gasteiger partial charge on any atom is -0.316 e. The van der Waals surface area contributed by atoms with Gasteiger partial charge in [-0.15, -0.1) is 11.3 Å². The zero-order chi connectivity index (χ0) is 15.5. The molecule has 0 saturated carbocycles. The summed E-state index contributed by atoms with van der Waals surface area (Å²) in [6.45, 7) is 0.602. The van der Waals surface area contributed by atoms with Gasteiger partial charge in [-0.2, -0.15) is 0 Å². The van der Waals surface area contributed by atoms with E-state index >= 15 is 0 Å². The molecular formula is C13H14BrFN2O2S2. The second-order valence-electron chi connectivity index (χ2n) is 4.31. The molecule has 0 atom stereocenters. The van der Waals surface area contributed by atoms with Gasteiger partial charge >= 0.3 is 0 Å². The summed E-state index contributed by atoms with van der Waals surface area (Å²) in [5.41, 5.74) is 0.690. The van der Waals surface area contributed by atoms with Crippen molar-refractivity contribution >= 4 is 37.3 Å². The van der Waals surface area contributed by atoms with Gasteiger partial charge in [-0.1, -0.05) is 6.07 Å². The van der Waals surface area contributed by atoms with Crippen LogP contribution in [-0.2, 0) is 23.1 Å². The third-order valence-electron chi connectivity index (χ3n) is 2.78. The molecule has 0 bridgehead atoms. The van der Waals surface area contributed by atoms with E-state index in [1.54, 1.807) is 13.1 Å². The van der Waals surface area contributed by atoms with Crippen LogP contribution in [0.2, 0.25) is 0 Å². The smallest absolute Gasteiger partial charge is 0.243 e. The minimum absolute atomic E-state index is 0.123. The molecule has 114 valence electrons. The maximum atomic E-state index is 14.0. The molecule has 0 radical (unpaired) electrons. The molecule has 0 aliphatic carbocycles. The van der Waals surface area contributed by atoms with E-state index in [1.165, 1.54) is 23.5 Å². The largest absolute Gasteiger partial charge is 0.316 e. The summed E-state index contributed by atoms with van der Waals surface area (Å²) in [6, 6.07) is 5.94. The molecule has 0 unspecified atom stereocenters. The Bertz CT molecular complexity index is 732. The molecule has 1 aromatic carbocycles. The molecule has 0 aliphatic heterocycles. The SMILES string of the molecule is CNCc1ccc(S(=O)(=O)NCc2sccc2Br)c(F)c1. The first kappa shape index (κ1) is 16.6. The lowest BCUT2D eigenvalue weighted by Crippen LogP contribution is -2.24. The highest BCUT2D eigenvalue weighted by atomic mass is 79.9. The Morgan fingerprint density at radius 2 is 2.05 bits per heavy atom. The Hall–Kier alpha value is -0.800. The molecule has 0 saturated heterocycles. The summed E-state index contributed by atoms with van der Waals surface area (Å²) in [5.74, 6) is -0.750. The third kappa shape index (κ3) is 4.10. The second-order valence-corrected chi connectivity index (χ2v) is 7.90. The van der Waals surface area contributed by atoms with Crippen LogP contribution in [0.15, 0.2) is 39.0 Å². The van der Waals surface area contributed by atoms with Crippen molar-refractivity contribution in [1.82, 2.24) is 10.0 Å². The van der Waals surface area contributed by atoms with E-state index in [0.29, 0.717) is 12.1 Å². The maximum Gasteiger partial charge on any atom is 0.243 e. The number of thiophene rings is 1. The molecule has 0 aliphatic rings. The van der Waals surface area contributed by atoms with Gasteiger partial charge in [0.05, 0.1) is 0 Å². The zero-order valence-corrected chi connectivity index (χ0v) is 14.4. The van der Waals surface area contributed by atoms with E-state index in [4.69, 9.17) is 0 Å². The molecule has 0 amide bonds. The highest BCUT2D eigenvalue weighted by molar-refractivity contribution is 9.10. The van der Waals surface area contributed by atoms with Crippen LogP contribution in [0.25, 0.3) is 0 Å². The van der Waals surface area contributed by atoms with Crippen molar-refractivity contribution in [2.24, 2.45) is 0 Å². The number of benzene rings is 1. The van der Waals surface area contributed by atoms with E-state index in [9.17, 15) is 12.8 Å². The van der Waals surface area contributed by atoms with E-state index in [2.05, 4.69) is 26.0 Å². The Morgan fingerprint density at radius 1 is 1.29 bits per heavy atom. The average Bonchev–Trinajstić information content (AvgIpc) is 2.82. The van der Waals surface area contributed by atoms with Crippen LogP contribution in [-0.4, -0.2) is 15.5 Å². The first-order valence-corrected chi connectivity index (χ1v) is 9.24. The van der Waals surface area contributed by atoms with E-state index in [-0.39, 0.29) is 11.4 Å². The van der Waals surface area contributed by atoms with E-state index in [0.717, 1.165) is 9.35 Å². The number of hydrogen-bond acceptors (Lipinski definition) is 4. The quantitative estimate of drug-likeness (QED) is 0.794. The summed E-state index contributed by atoms with van der Waals surface area (Å²) >= 11 is 4.75. The third-order valence-corrected chi connectivity index (χ3v) is 6.14. The minimum atomic E-state index is -3.88. The predicted octanol–water partition coefficient (Wildman–Crippen LogP) is 2.85. The standard InChI is InChI=1S/C13H14BrFN2O2S2/c1-16-7-9-2-3-13(11(15)6-9)21(18,19)17-8-12-10(14)4-5-20-12/h2-6,16-17H,7-8H2,1H3. The van der Waals surface area contributed by atoms with Crippen molar-refractivity contribution in [3.05, 3.63) is 50.4 Å². The number of hydrogen-bond donors (Lipinski definition) is 2. The summed E-state index contributed by atoms with van der Waals surface area (Å²) < 4.78 is 41.5. The zero-order valence-electron chi connectivity index (χ0n) is 11.2.